The predicted octanol–water partition coefficient (Wildman–Crippen LogP) is 3.37. The smallest absolute Gasteiger partial charge is 0.259 e. The molecule has 0 fully saturated rings. The molecular formula is C21H20N4O2. The summed E-state index contributed by atoms with van der Waals surface area (Å²) < 4.78 is 0. The number of nitrogens with one attached hydrogen (secondary N) is 2. The van der Waals surface area contributed by atoms with E-state index in [4.69, 9.17) is 0 Å². The number of amides is 2. The van der Waals surface area contributed by atoms with E-state index < -0.39 is 0 Å². The molecule has 0 atom stereocenters. The number of anilines is 1. The van der Waals surface area contributed by atoms with E-state index in [1.807, 2.05) is 30.3 Å². The predicted molar refractivity (Wildman–Crippen MR) is 105 cm³/mol. The van der Waals surface area contributed by atoms with Crippen LogP contribution in [0.2, 0.25) is 0 Å². The van der Waals surface area contributed by atoms with Crippen LogP contribution >= 0.6 is 0 Å². The van der Waals surface area contributed by atoms with Gasteiger partial charge >= 0.3 is 0 Å². The number of carbonyl (C=O) groups is 2. The zero-order chi connectivity index (χ0) is 19.4. The third-order valence-corrected chi connectivity index (χ3v) is 4.25. The van der Waals surface area contributed by atoms with Gasteiger partial charge in [0.05, 0.1) is 11.3 Å². The van der Waals surface area contributed by atoms with Gasteiger partial charge in [-0.1, -0.05) is 36.4 Å². The maximum atomic E-state index is 12.9. The van der Waals surface area contributed by atoms with Crippen LogP contribution in [0.1, 0.15) is 32.1 Å². The summed E-state index contributed by atoms with van der Waals surface area (Å²) in [5.41, 5.74) is 3.56. The Bertz CT molecular complexity index is 1000. The molecule has 1 aromatic heterocycles. The lowest BCUT2D eigenvalue weighted by atomic mass is 10.0. The van der Waals surface area contributed by atoms with Crippen molar-refractivity contribution >= 4 is 17.5 Å². The van der Waals surface area contributed by atoms with Gasteiger partial charge in [-0.2, -0.15) is 0 Å². The Morgan fingerprint density at radius 2 is 1.63 bits per heavy atom. The van der Waals surface area contributed by atoms with Crippen molar-refractivity contribution in [3.05, 3.63) is 77.2 Å². The quantitative estimate of drug-likeness (QED) is 0.747. The summed E-state index contributed by atoms with van der Waals surface area (Å²) in [7, 11) is 1.57. The first-order chi connectivity index (χ1) is 13.0. The summed E-state index contributed by atoms with van der Waals surface area (Å²) in [6.07, 6.45) is 1.53. The molecule has 2 amide bonds. The highest BCUT2D eigenvalue weighted by atomic mass is 16.2. The van der Waals surface area contributed by atoms with E-state index in [0.29, 0.717) is 33.9 Å². The minimum atomic E-state index is -0.328. The van der Waals surface area contributed by atoms with Crippen molar-refractivity contribution in [2.24, 2.45) is 0 Å². The molecule has 3 rings (SSSR count). The maximum absolute atomic E-state index is 12.9. The van der Waals surface area contributed by atoms with Crippen molar-refractivity contribution < 1.29 is 9.59 Å². The third kappa shape index (κ3) is 3.84. The molecule has 0 bridgehead atoms. The van der Waals surface area contributed by atoms with E-state index in [9.17, 15) is 9.59 Å². The lowest BCUT2D eigenvalue weighted by Crippen LogP contribution is -2.20. The lowest BCUT2D eigenvalue weighted by Gasteiger charge is -2.13. The molecule has 2 aromatic carbocycles. The highest BCUT2D eigenvalue weighted by Gasteiger charge is 2.18. The molecule has 136 valence electrons. The van der Waals surface area contributed by atoms with Crippen molar-refractivity contribution in [2.75, 3.05) is 12.4 Å². The van der Waals surface area contributed by atoms with Crippen LogP contribution in [0.15, 0.2) is 54.7 Å². The zero-order valence-electron chi connectivity index (χ0n) is 15.4. The van der Waals surface area contributed by atoms with Crippen molar-refractivity contribution in [3.8, 4) is 11.3 Å². The van der Waals surface area contributed by atoms with E-state index in [-0.39, 0.29) is 11.8 Å². The lowest BCUT2D eigenvalue weighted by molar-refractivity contribution is 0.0960. The number of hydrogen-bond donors (Lipinski definition) is 2. The van der Waals surface area contributed by atoms with Gasteiger partial charge in [0.15, 0.2) is 0 Å². The number of hydrogen-bond acceptors (Lipinski definition) is 4. The van der Waals surface area contributed by atoms with Crippen molar-refractivity contribution in [2.45, 2.75) is 13.8 Å². The molecule has 3 aromatic rings. The van der Waals surface area contributed by atoms with Gasteiger partial charge in [0.2, 0.25) is 0 Å². The van der Waals surface area contributed by atoms with Gasteiger partial charge < -0.3 is 10.6 Å². The van der Waals surface area contributed by atoms with Crippen LogP contribution in [0, 0.1) is 13.8 Å². The number of rotatable bonds is 4. The van der Waals surface area contributed by atoms with Crippen molar-refractivity contribution in [1.29, 1.82) is 0 Å². The van der Waals surface area contributed by atoms with E-state index in [1.165, 1.54) is 6.20 Å². The number of carbonyl (C=O) groups excluding carboxylic acids is 2. The fourth-order valence-electron chi connectivity index (χ4n) is 2.79. The van der Waals surface area contributed by atoms with Gasteiger partial charge in [-0.3, -0.25) is 9.59 Å². The van der Waals surface area contributed by atoms with Crippen LogP contribution < -0.4 is 10.6 Å². The van der Waals surface area contributed by atoms with Crippen molar-refractivity contribution in [1.82, 2.24) is 15.3 Å². The summed E-state index contributed by atoms with van der Waals surface area (Å²) in [5.74, 6) is 0.0569. The minimum Gasteiger partial charge on any atom is -0.355 e. The van der Waals surface area contributed by atoms with Crippen LogP contribution in [-0.2, 0) is 0 Å². The third-order valence-electron chi connectivity index (χ3n) is 4.25. The summed E-state index contributed by atoms with van der Waals surface area (Å²) in [5, 5.41) is 5.48. The standard InChI is InChI=1S/C21H20N4O2/c1-13-16(20(26)22-3)10-7-11-18(13)25-21(27)17-12-23-14(2)24-19(17)15-8-5-4-6-9-15/h4-12H,1-3H3,(H,22,26)(H,25,27). The minimum absolute atomic E-state index is 0.202. The molecule has 0 unspecified atom stereocenters. The summed E-state index contributed by atoms with van der Waals surface area (Å²) in [4.78, 5) is 33.5. The van der Waals surface area contributed by atoms with E-state index >= 15 is 0 Å². The molecule has 0 saturated carbocycles. The van der Waals surface area contributed by atoms with Crippen LogP contribution in [0.4, 0.5) is 5.69 Å². The van der Waals surface area contributed by atoms with Gasteiger partial charge in [0.25, 0.3) is 11.8 Å². The average Bonchev–Trinajstić information content (AvgIpc) is 2.69. The summed E-state index contributed by atoms with van der Waals surface area (Å²) in [6.45, 7) is 3.58. The Hall–Kier alpha value is -3.54. The molecule has 0 aliphatic carbocycles. The Morgan fingerprint density at radius 1 is 0.889 bits per heavy atom. The number of benzene rings is 2. The van der Waals surface area contributed by atoms with Crippen LogP contribution in [0.5, 0.6) is 0 Å². The highest BCUT2D eigenvalue weighted by molar-refractivity contribution is 6.09. The number of nitrogens with zero attached hydrogens (tertiary/aromatic N) is 2. The summed E-state index contributed by atoms with van der Waals surface area (Å²) in [6, 6.07) is 14.7. The topological polar surface area (TPSA) is 84.0 Å². The van der Waals surface area contributed by atoms with Crippen LogP contribution in [0.3, 0.4) is 0 Å². The molecule has 0 aliphatic heterocycles. The normalized spacial score (nSPS) is 10.3. The monoisotopic (exact) mass is 360 g/mol. The van der Waals surface area contributed by atoms with Crippen LogP contribution in [-0.4, -0.2) is 28.8 Å². The molecule has 0 radical (unpaired) electrons. The second-order valence-electron chi connectivity index (χ2n) is 6.06. The fourth-order valence-corrected chi connectivity index (χ4v) is 2.79. The molecule has 27 heavy (non-hydrogen) atoms. The molecule has 1 heterocycles. The first-order valence-electron chi connectivity index (χ1n) is 8.53. The zero-order valence-corrected chi connectivity index (χ0v) is 15.4. The second kappa shape index (κ2) is 7.78. The van der Waals surface area contributed by atoms with Crippen LogP contribution in [0.25, 0.3) is 11.3 Å². The summed E-state index contributed by atoms with van der Waals surface area (Å²) >= 11 is 0. The number of aryl methyl sites for hydroxylation is 1. The van der Waals surface area contributed by atoms with E-state index in [0.717, 1.165) is 5.56 Å². The molecule has 0 aliphatic rings. The Balaban J connectivity index is 1.98. The Labute approximate surface area is 157 Å². The SMILES string of the molecule is CNC(=O)c1cccc(NC(=O)c2cnc(C)nc2-c2ccccc2)c1C. The van der Waals surface area contributed by atoms with Gasteiger partial charge in [-0.05, 0) is 31.5 Å². The molecule has 6 nitrogen and oxygen atoms in total. The molecule has 0 spiro atoms. The maximum Gasteiger partial charge on any atom is 0.259 e. The van der Waals surface area contributed by atoms with Gasteiger partial charge in [-0.15, -0.1) is 0 Å². The van der Waals surface area contributed by atoms with E-state index in [2.05, 4.69) is 20.6 Å². The molecule has 6 heteroatoms. The molecular weight excluding hydrogens is 340 g/mol. The van der Waals surface area contributed by atoms with Crippen molar-refractivity contribution in [3.63, 3.8) is 0 Å². The Morgan fingerprint density at radius 3 is 2.33 bits per heavy atom. The Kier molecular flexibility index (Phi) is 5.26. The molecule has 2 N–H and O–H groups in total. The first-order valence-corrected chi connectivity index (χ1v) is 8.53. The largest absolute Gasteiger partial charge is 0.355 e. The van der Waals surface area contributed by atoms with Gasteiger partial charge in [0, 0.05) is 30.1 Å². The fraction of sp³-hybridized carbons (Fsp3) is 0.143. The molecule has 0 saturated heterocycles. The second-order valence-corrected chi connectivity index (χ2v) is 6.06. The van der Waals surface area contributed by atoms with Gasteiger partial charge in [0.1, 0.15) is 5.82 Å². The first kappa shape index (κ1) is 18.3. The number of aromatic nitrogens is 2. The highest BCUT2D eigenvalue weighted by Crippen LogP contribution is 2.24. The van der Waals surface area contributed by atoms with E-state index in [1.54, 1.807) is 39.1 Å². The average molecular weight is 360 g/mol. The van der Waals surface area contributed by atoms with Gasteiger partial charge in [-0.25, -0.2) is 9.97 Å².